The highest BCUT2D eigenvalue weighted by Crippen LogP contribution is 2.11. The Balaban J connectivity index is 4.50. The van der Waals surface area contributed by atoms with Crippen molar-refractivity contribution in [2.24, 2.45) is 0 Å². The lowest BCUT2D eigenvalue weighted by Gasteiger charge is -2.18. The van der Waals surface area contributed by atoms with Crippen molar-refractivity contribution < 1.29 is 28.6 Å². The van der Waals surface area contributed by atoms with E-state index in [1.807, 2.05) is 0 Å². The van der Waals surface area contributed by atoms with Crippen LogP contribution in [0.25, 0.3) is 0 Å². The minimum atomic E-state index is -0.812. The van der Waals surface area contributed by atoms with Gasteiger partial charge in [-0.1, -0.05) is 151 Å². The molecule has 0 saturated carbocycles. The topological polar surface area (TPSA) is 78.9 Å². The molecule has 6 heteroatoms. The molecule has 0 fully saturated rings. The van der Waals surface area contributed by atoms with Gasteiger partial charge in [0.2, 0.25) is 0 Å². The second kappa shape index (κ2) is 42.3. The largest absolute Gasteiger partial charge is 0.462 e. The number of rotatable bonds is 37. The summed E-state index contributed by atoms with van der Waals surface area (Å²) >= 11 is 0. The molecule has 0 N–H and O–H groups in total. The SMILES string of the molecule is CC/C=C\C/C=C\C/C=C\CCCCCCC(=O)OCC(COC(=O)CCCCCCC/C=C\CCCC)OC(=O)CCC/C=C\C/C=C\C/C=C\CC. The summed E-state index contributed by atoms with van der Waals surface area (Å²) in [6.45, 7) is 6.26. The average Bonchev–Trinajstić information content (AvgIpc) is 3.17. The Morgan fingerprint density at radius 3 is 1.20 bits per heavy atom. The standard InChI is InChI=1S/C48H78O6/c1-4-7-10-13-16-19-22-23-24-27-29-32-35-38-41-47(50)53-44-45(54-48(51)42-39-36-33-30-26-21-18-15-12-9-6-3)43-52-46(49)40-37-34-31-28-25-20-17-14-11-8-5-2/h7,9-10,12,14,16-19,21,23-24,30,33,45H,4-6,8,11,13,15,20,22,25-29,31-32,34-44H2,1-3H3/b10-7-,12-9-,17-14-,19-16-,21-18-,24-23-,33-30-. The van der Waals surface area contributed by atoms with E-state index in [0.717, 1.165) is 109 Å². The van der Waals surface area contributed by atoms with Crippen LogP contribution < -0.4 is 0 Å². The van der Waals surface area contributed by atoms with Crippen molar-refractivity contribution in [3.63, 3.8) is 0 Å². The quantitative estimate of drug-likeness (QED) is 0.0272. The van der Waals surface area contributed by atoms with E-state index >= 15 is 0 Å². The molecular formula is C48H78O6. The molecule has 0 spiro atoms. The highest BCUT2D eigenvalue weighted by Gasteiger charge is 2.19. The van der Waals surface area contributed by atoms with Crippen LogP contribution in [0.2, 0.25) is 0 Å². The van der Waals surface area contributed by atoms with Crippen LogP contribution in [0, 0.1) is 0 Å². The molecule has 0 radical (unpaired) electrons. The molecule has 306 valence electrons. The first-order valence-electron chi connectivity index (χ1n) is 21.6. The molecule has 0 aromatic heterocycles. The molecule has 1 unspecified atom stereocenters. The van der Waals surface area contributed by atoms with Gasteiger partial charge in [0.05, 0.1) is 0 Å². The van der Waals surface area contributed by atoms with Crippen molar-refractivity contribution in [2.75, 3.05) is 13.2 Å². The Hall–Kier alpha value is -3.41. The van der Waals surface area contributed by atoms with E-state index < -0.39 is 6.10 Å². The Morgan fingerprint density at radius 1 is 0.389 bits per heavy atom. The molecule has 1 atom stereocenters. The van der Waals surface area contributed by atoms with Crippen molar-refractivity contribution in [3.8, 4) is 0 Å². The van der Waals surface area contributed by atoms with E-state index in [1.165, 1.54) is 25.7 Å². The average molecular weight is 751 g/mol. The van der Waals surface area contributed by atoms with Gasteiger partial charge in [0, 0.05) is 19.3 Å². The highest BCUT2D eigenvalue weighted by atomic mass is 16.6. The van der Waals surface area contributed by atoms with Gasteiger partial charge in [-0.15, -0.1) is 0 Å². The fourth-order valence-corrected chi connectivity index (χ4v) is 5.40. The lowest BCUT2D eigenvalue weighted by molar-refractivity contribution is -0.167. The second-order valence-electron chi connectivity index (χ2n) is 13.8. The summed E-state index contributed by atoms with van der Waals surface area (Å²) in [5.74, 6) is -1.01. The van der Waals surface area contributed by atoms with Crippen LogP contribution in [-0.2, 0) is 28.6 Å². The maximum atomic E-state index is 12.6. The van der Waals surface area contributed by atoms with Crippen LogP contribution in [0.1, 0.15) is 181 Å². The summed E-state index contributed by atoms with van der Waals surface area (Å²) in [6.07, 6.45) is 52.9. The van der Waals surface area contributed by atoms with E-state index in [4.69, 9.17) is 14.2 Å². The van der Waals surface area contributed by atoms with Crippen LogP contribution in [0.3, 0.4) is 0 Å². The van der Waals surface area contributed by atoms with Crippen molar-refractivity contribution >= 4 is 17.9 Å². The molecule has 0 rings (SSSR count). The van der Waals surface area contributed by atoms with Crippen molar-refractivity contribution in [1.82, 2.24) is 0 Å². The van der Waals surface area contributed by atoms with Gasteiger partial charge >= 0.3 is 17.9 Å². The summed E-state index contributed by atoms with van der Waals surface area (Å²) in [4.78, 5) is 37.6. The number of esters is 3. The first-order chi connectivity index (χ1) is 26.5. The van der Waals surface area contributed by atoms with E-state index in [-0.39, 0.29) is 37.5 Å². The first kappa shape index (κ1) is 50.6. The minimum Gasteiger partial charge on any atom is -0.462 e. The molecule has 0 aromatic carbocycles. The summed E-state index contributed by atoms with van der Waals surface area (Å²) in [7, 11) is 0. The predicted octanol–water partition coefficient (Wildman–Crippen LogP) is 13.7. The molecular weight excluding hydrogens is 673 g/mol. The van der Waals surface area contributed by atoms with Gasteiger partial charge in [-0.3, -0.25) is 14.4 Å². The number of carbonyl (C=O) groups is 3. The third-order valence-corrected chi connectivity index (χ3v) is 8.61. The zero-order valence-corrected chi connectivity index (χ0v) is 34.7. The molecule has 0 bridgehead atoms. The van der Waals surface area contributed by atoms with Crippen molar-refractivity contribution in [2.45, 2.75) is 187 Å². The van der Waals surface area contributed by atoms with Crippen LogP contribution in [0.5, 0.6) is 0 Å². The van der Waals surface area contributed by atoms with Crippen LogP contribution in [-0.4, -0.2) is 37.2 Å². The summed E-state index contributed by atoms with van der Waals surface area (Å²) < 4.78 is 16.6. The van der Waals surface area contributed by atoms with E-state index in [1.54, 1.807) is 0 Å². The van der Waals surface area contributed by atoms with Gasteiger partial charge in [-0.25, -0.2) is 0 Å². The Labute approximate surface area is 331 Å². The lowest BCUT2D eigenvalue weighted by atomic mass is 10.1. The zero-order chi connectivity index (χ0) is 39.4. The molecule has 0 amide bonds. The summed E-state index contributed by atoms with van der Waals surface area (Å²) in [6, 6.07) is 0. The van der Waals surface area contributed by atoms with Crippen LogP contribution in [0.4, 0.5) is 0 Å². The minimum absolute atomic E-state index is 0.110. The monoisotopic (exact) mass is 751 g/mol. The van der Waals surface area contributed by atoms with Gasteiger partial charge in [0.25, 0.3) is 0 Å². The highest BCUT2D eigenvalue weighted by molar-refractivity contribution is 5.71. The normalized spacial score (nSPS) is 12.9. The zero-order valence-electron chi connectivity index (χ0n) is 34.7. The van der Waals surface area contributed by atoms with Crippen LogP contribution >= 0.6 is 0 Å². The van der Waals surface area contributed by atoms with E-state index in [9.17, 15) is 14.4 Å². The molecule has 0 saturated heterocycles. The molecule has 0 aliphatic rings. The number of allylic oxidation sites excluding steroid dienone is 14. The number of hydrogen-bond acceptors (Lipinski definition) is 6. The Morgan fingerprint density at radius 2 is 0.741 bits per heavy atom. The fourth-order valence-electron chi connectivity index (χ4n) is 5.40. The maximum absolute atomic E-state index is 12.6. The molecule has 54 heavy (non-hydrogen) atoms. The molecule has 0 heterocycles. The number of carbonyl (C=O) groups excluding carboxylic acids is 3. The number of hydrogen-bond donors (Lipinski definition) is 0. The molecule has 0 aromatic rings. The molecule has 0 aliphatic heterocycles. The summed E-state index contributed by atoms with van der Waals surface area (Å²) in [5, 5.41) is 0. The van der Waals surface area contributed by atoms with Gasteiger partial charge in [0.15, 0.2) is 6.10 Å². The predicted molar refractivity (Wildman–Crippen MR) is 228 cm³/mol. The van der Waals surface area contributed by atoms with Crippen molar-refractivity contribution in [3.05, 3.63) is 85.1 Å². The van der Waals surface area contributed by atoms with Crippen LogP contribution in [0.15, 0.2) is 85.1 Å². The third kappa shape index (κ3) is 39.8. The maximum Gasteiger partial charge on any atom is 0.306 e. The number of unbranched alkanes of at least 4 members (excludes halogenated alkanes) is 12. The van der Waals surface area contributed by atoms with E-state index in [2.05, 4.69) is 106 Å². The fraction of sp³-hybridized carbons (Fsp3) is 0.646. The van der Waals surface area contributed by atoms with Crippen molar-refractivity contribution in [1.29, 1.82) is 0 Å². The van der Waals surface area contributed by atoms with Gasteiger partial charge < -0.3 is 14.2 Å². The second-order valence-corrected chi connectivity index (χ2v) is 13.8. The first-order valence-corrected chi connectivity index (χ1v) is 21.6. The lowest BCUT2D eigenvalue weighted by Crippen LogP contribution is -2.30. The Kier molecular flexibility index (Phi) is 39.7. The Bertz CT molecular complexity index is 1090. The number of ether oxygens (including phenoxy) is 3. The van der Waals surface area contributed by atoms with Gasteiger partial charge in [0.1, 0.15) is 13.2 Å². The third-order valence-electron chi connectivity index (χ3n) is 8.61. The van der Waals surface area contributed by atoms with E-state index in [0.29, 0.717) is 19.3 Å². The summed E-state index contributed by atoms with van der Waals surface area (Å²) in [5.41, 5.74) is 0. The molecule has 6 nitrogen and oxygen atoms in total. The smallest absolute Gasteiger partial charge is 0.306 e. The molecule has 0 aliphatic carbocycles. The van der Waals surface area contributed by atoms with Gasteiger partial charge in [-0.05, 0) is 96.3 Å². The van der Waals surface area contributed by atoms with Gasteiger partial charge in [-0.2, -0.15) is 0 Å².